The van der Waals surface area contributed by atoms with Gasteiger partial charge in [-0.3, -0.25) is 4.79 Å². The Balaban J connectivity index is -0.000000125. The zero-order valence-corrected chi connectivity index (χ0v) is 8.87. The van der Waals surface area contributed by atoms with Gasteiger partial charge in [0.05, 0.1) is 6.61 Å². The molecule has 13 heavy (non-hydrogen) atoms. The second kappa shape index (κ2) is 22.5. The largest absolute Gasteiger partial charge is 0.466 e. The summed E-state index contributed by atoms with van der Waals surface area (Å²) in [4.78, 5) is 18.6. The molecule has 0 fully saturated rings. The Bertz CT molecular complexity index is 99.8. The van der Waals surface area contributed by atoms with Crippen molar-refractivity contribution in [3.8, 4) is 0 Å². The van der Waals surface area contributed by atoms with E-state index in [1.54, 1.807) is 6.92 Å². The first-order chi connectivity index (χ1) is 6.10. The molecule has 0 unspecified atom stereocenters. The van der Waals surface area contributed by atoms with Gasteiger partial charge < -0.3 is 14.6 Å². The van der Waals surface area contributed by atoms with Crippen LogP contribution in [0.1, 0.15) is 34.1 Å². The third-order valence-electron chi connectivity index (χ3n) is 0.571. The molecular formula is C9H20O4. The number of carbonyl (C=O) groups excluding carboxylic acids is 2. The molecule has 80 valence electrons. The fourth-order valence-corrected chi connectivity index (χ4v) is 0.203. The van der Waals surface area contributed by atoms with Crippen molar-refractivity contribution in [2.24, 2.45) is 0 Å². The van der Waals surface area contributed by atoms with Gasteiger partial charge in [0.2, 0.25) is 0 Å². The number of hydrogen-bond acceptors (Lipinski definition) is 4. The van der Waals surface area contributed by atoms with Gasteiger partial charge in [0.15, 0.2) is 0 Å². The van der Waals surface area contributed by atoms with Crippen molar-refractivity contribution in [3.05, 3.63) is 0 Å². The Labute approximate surface area is 79.9 Å². The minimum Gasteiger partial charge on any atom is -0.466 e. The number of hydrogen-bond donors (Lipinski definition) is 1. The van der Waals surface area contributed by atoms with Gasteiger partial charge in [-0.05, 0) is 20.3 Å². The molecule has 0 saturated heterocycles. The van der Waals surface area contributed by atoms with E-state index in [0.717, 1.165) is 12.7 Å². The first-order valence-corrected chi connectivity index (χ1v) is 4.24. The lowest BCUT2D eigenvalue weighted by molar-refractivity contribution is -0.140. The van der Waals surface area contributed by atoms with E-state index in [4.69, 9.17) is 9.90 Å². The Morgan fingerprint density at radius 1 is 1.46 bits per heavy atom. The van der Waals surface area contributed by atoms with E-state index in [1.807, 2.05) is 6.92 Å². The van der Waals surface area contributed by atoms with Crippen LogP contribution in [0.5, 0.6) is 0 Å². The van der Waals surface area contributed by atoms with E-state index in [1.165, 1.54) is 13.8 Å². The summed E-state index contributed by atoms with van der Waals surface area (Å²) in [6, 6.07) is 0. The highest BCUT2D eigenvalue weighted by molar-refractivity contribution is 5.65. The van der Waals surface area contributed by atoms with Crippen LogP contribution in [-0.4, -0.2) is 30.6 Å². The first-order valence-electron chi connectivity index (χ1n) is 4.24. The van der Waals surface area contributed by atoms with E-state index >= 15 is 0 Å². The van der Waals surface area contributed by atoms with Gasteiger partial charge in [-0.2, -0.15) is 0 Å². The number of aldehydes is 1. The summed E-state index contributed by atoms with van der Waals surface area (Å²) < 4.78 is 4.40. The molecule has 1 N–H and O–H groups in total. The normalized spacial score (nSPS) is 6.85. The maximum atomic E-state index is 9.82. The monoisotopic (exact) mass is 192 g/mol. The SMILES string of the molecule is CC=O.CCCO.CCOC(C)=O. The van der Waals surface area contributed by atoms with Gasteiger partial charge >= 0.3 is 5.97 Å². The predicted molar refractivity (Wildman–Crippen MR) is 51.4 cm³/mol. The van der Waals surface area contributed by atoms with Gasteiger partial charge in [-0.25, -0.2) is 0 Å². The number of carbonyl (C=O) groups is 2. The summed E-state index contributed by atoms with van der Waals surface area (Å²) in [5, 5.41) is 7.88. The smallest absolute Gasteiger partial charge is 0.302 e. The average molecular weight is 192 g/mol. The summed E-state index contributed by atoms with van der Waals surface area (Å²) in [5.74, 6) is -0.211. The molecule has 0 atom stereocenters. The van der Waals surface area contributed by atoms with Crippen LogP contribution in [0.4, 0.5) is 0 Å². The molecule has 0 radical (unpaired) electrons. The molecule has 0 aromatic carbocycles. The van der Waals surface area contributed by atoms with Crippen molar-refractivity contribution in [3.63, 3.8) is 0 Å². The summed E-state index contributed by atoms with van der Waals surface area (Å²) >= 11 is 0. The molecule has 0 rings (SSSR count). The van der Waals surface area contributed by atoms with Gasteiger partial charge in [-0.15, -0.1) is 0 Å². The van der Waals surface area contributed by atoms with Crippen molar-refractivity contribution in [1.82, 2.24) is 0 Å². The van der Waals surface area contributed by atoms with Crippen LogP contribution in [0, 0.1) is 0 Å². The lowest BCUT2D eigenvalue weighted by atomic mass is 10.5. The molecule has 4 heteroatoms. The van der Waals surface area contributed by atoms with E-state index in [9.17, 15) is 4.79 Å². The third-order valence-corrected chi connectivity index (χ3v) is 0.571. The van der Waals surface area contributed by atoms with Crippen molar-refractivity contribution < 1.29 is 19.4 Å². The van der Waals surface area contributed by atoms with E-state index in [0.29, 0.717) is 13.2 Å². The van der Waals surface area contributed by atoms with E-state index in [2.05, 4.69) is 4.74 Å². The van der Waals surface area contributed by atoms with Crippen LogP contribution < -0.4 is 0 Å². The summed E-state index contributed by atoms with van der Waals surface area (Å²) in [5.41, 5.74) is 0. The fourth-order valence-electron chi connectivity index (χ4n) is 0.203. The number of esters is 1. The summed E-state index contributed by atoms with van der Waals surface area (Å²) in [7, 11) is 0. The highest BCUT2D eigenvalue weighted by atomic mass is 16.5. The molecule has 4 nitrogen and oxygen atoms in total. The lowest BCUT2D eigenvalue weighted by Gasteiger charge is -1.89. The van der Waals surface area contributed by atoms with Gasteiger partial charge in [-0.1, -0.05) is 6.92 Å². The Morgan fingerprint density at radius 3 is 1.77 bits per heavy atom. The highest BCUT2D eigenvalue weighted by Crippen LogP contribution is 1.69. The van der Waals surface area contributed by atoms with Crippen LogP contribution in [0.25, 0.3) is 0 Å². The Hall–Kier alpha value is -0.900. The molecule has 0 saturated carbocycles. The molecule has 0 aliphatic heterocycles. The Morgan fingerprint density at radius 2 is 1.77 bits per heavy atom. The predicted octanol–water partition coefficient (Wildman–Crippen LogP) is 1.16. The second-order valence-electron chi connectivity index (χ2n) is 1.88. The maximum absolute atomic E-state index is 9.82. The van der Waals surface area contributed by atoms with Gasteiger partial charge in [0.1, 0.15) is 6.29 Å². The van der Waals surface area contributed by atoms with Crippen molar-refractivity contribution in [2.75, 3.05) is 13.2 Å². The van der Waals surface area contributed by atoms with Crippen molar-refractivity contribution >= 4 is 12.3 Å². The zero-order valence-electron chi connectivity index (χ0n) is 8.87. The second-order valence-corrected chi connectivity index (χ2v) is 1.88. The molecule has 0 amide bonds. The van der Waals surface area contributed by atoms with E-state index < -0.39 is 0 Å². The van der Waals surface area contributed by atoms with Crippen molar-refractivity contribution in [1.29, 1.82) is 0 Å². The van der Waals surface area contributed by atoms with E-state index in [-0.39, 0.29) is 5.97 Å². The number of ether oxygens (including phenoxy) is 1. The molecule has 0 aliphatic rings. The number of aliphatic hydroxyl groups is 1. The minimum atomic E-state index is -0.211. The zero-order chi connectivity index (χ0) is 11.1. The van der Waals surface area contributed by atoms with Crippen molar-refractivity contribution in [2.45, 2.75) is 34.1 Å². The summed E-state index contributed by atoms with van der Waals surface area (Å²) in [6.45, 7) is 7.35. The van der Waals surface area contributed by atoms with Crippen LogP contribution in [-0.2, 0) is 14.3 Å². The topological polar surface area (TPSA) is 63.6 Å². The number of aliphatic hydroxyl groups excluding tert-OH is 1. The molecule has 0 aromatic heterocycles. The highest BCUT2D eigenvalue weighted by Gasteiger charge is 1.81. The van der Waals surface area contributed by atoms with Gasteiger partial charge in [0.25, 0.3) is 0 Å². The minimum absolute atomic E-state index is 0.211. The van der Waals surface area contributed by atoms with Crippen LogP contribution >= 0.6 is 0 Å². The standard InChI is InChI=1S/C4H8O2.C3H8O.C2H4O/c1-3-6-4(2)5;1-2-3-4;1-2-3/h3H2,1-2H3;4H,2-3H2,1H3;2H,1H3. The molecule has 0 bridgehead atoms. The molecular weight excluding hydrogens is 172 g/mol. The van der Waals surface area contributed by atoms with Crippen LogP contribution in [0.3, 0.4) is 0 Å². The lowest BCUT2D eigenvalue weighted by Crippen LogP contribution is -1.95. The fraction of sp³-hybridized carbons (Fsp3) is 0.778. The molecule has 0 spiro atoms. The average Bonchev–Trinajstić information content (AvgIpc) is 2.06. The quantitative estimate of drug-likeness (QED) is 0.527. The first kappa shape index (κ1) is 18.0. The summed E-state index contributed by atoms with van der Waals surface area (Å²) in [6.07, 6.45) is 1.62. The molecule has 0 aromatic rings. The molecule has 0 heterocycles. The third kappa shape index (κ3) is 95.6. The van der Waals surface area contributed by atoms with Crippen LogP contribution in [0.15, 0.2) is 0 Å². The Kier molecular flexibility index (Phi) is 31.1. The maximum Gasteiger partial charge on any atom is 0.302 e. The van der Waals surface area contributed by atoms with Gasteiger partial charge in [0, 0.05) is 13.5 Å². The number of rotatable bonds is 2. The molecule has 0 aliphatic carbocycles. The van der Waals surface area contributed by atoms with Crippen LogP contribution in [0.2, 0.25) is 0 Å².